The van der Waals surface area contributed by atoms with E-state index in [9.17, 15) is 0 Å². The largest absolute Gasteiger partial charge is 0.457 e. The average Bonchev–Trinajstić information content (AvgIpc) is 0.702. The van der Waals surface area contributed by atoms with E-state index in [-0.39, 0.29) is 13.4 Å². The zero-order valence-electron chi connectivity index (χ0n) is 51.2. The maximum Gasteiger partial charge on any atom is 0.252 e. The summed E-state index contributed by atoms with van der Waals surface area (Å²) in [5, 5.41) is 0. The summed E-state index contributed by atoms with van der Waals surface area (Å²) in [4.78, 5) is 10.2. The Kier molecular flexibility index (Phi) is 12.3. The number of nitrogens with zero attached hydrogens (tertiary/aromatic N) is 4. The minimum atomic E-state index is -0.169. The van der Waals surface area contributed by atoms with Crippen molar-refractivity contribution in [2.75, 3.05) is 19.6 Å². The highest BCUT2D eigenvalue weighted by molar-refractivity contribution is 7.03. The molecule has 4 heterocycles. The summed E-state index contributed by atoms with van der Waals surface area (Å²) in [7, 11) is 0. The van der Waals surface area contributed by atoms with Crippen molar-refractivity contribution >= 4 is 114 Å². The van der Waals surface area contributed by atoms with Gasteiger partial charge in [0, 0.05) is 81.1 Å². The van der Waals surface area contributed by atoms with Crippen molar-refractivity contribution in [1.82, 2.24) is 0 Å². The third-order valence-corrected chi connectivity index (χ3v) is 18.8. The Bertz CT molecular complexity index is 4330. The van der Waals surface area contributed by atoms with E-state index in [4.69, 9.17) is 9.47 Å². The summed E-state index contributed by atoms with van der Waals surface area (Å²) in [5.41, 5.74) is 35.1. The Morgan fingerprint density at radius 3 is 0.919 bits per heavy atom. The summed E-state index contributed by atoms with van der Waals surface area (Å²) in [6.07, 6.45) is 0. The Morgan fingerprint density at radius 1 is 0.244 bits per heavy atom. The molecule has 4 aliphatic heterocycles. The first-order valence-corrected chi connectivity index (χ1v) is 30.3. The fourth-order valence-electron chi connectivity index (χ4n) is 14.9. The van der Waals surface area contributed by atoms with Gasteiger partial charge in [-0.1, -0.05) is 151 Å². The molecule has 0 atom stereocenters. The normalized spacial score (nSPS) is 13.2. The number of hydrogen-bond donors (Lipinski definition) is 0. The summed E-state index contributed by atoms with van der Waals surface area (Å²) >= 11 is 0. The molecule has 15 rings (SSSR count). The summed E-state index contributed by atoms with van der Waals surface area (Å²) in [5.74, 6) is 3.32. The molecule has 11 aromatic carbocycles. The Balaban J connectivity index is 1.09. The van der Waals surface area contributed by atoms with Crippen molar-refractivity contribution < 1.29 is 9.47 Å². The highest BCUT2D eigenvalue weighted by Gasteiger charge is 2.49. The fraction of sp³-hybridized carbons (Fsp3) is 0.154. The lowest BCUT2D eigenvalue weighted by atomic mass is 9.30. The number of rotatable bonds is 8. The minimum Gasteiger partial charge on any atom is -0.457 e. The van der Waals surface area contributed by atoms with Crippen molar-refractivity contribution in [3.05, 3.63) is 261 Å². The van der Waals surface area contributed by atoms with E-state index in [0.29, 0.717) is 0 Å². The third kappa shape index (κ3) is 8.09. The van der Waals surface area contributed by atoms with Crippen molar-refractivity contribution in [3.8, 4) is 23.0 Å². The molecule has 0 spiro atoms. The van der Waals surface area contributed by atoms with Gasteiger partial charge in [-0.05, 0) is 202 Å². The monoisotopic (exact) mass is 1110 g/mol. The quantitative estimate of drug-likeness (QED) is 0.141. The number of hydrogen-bond acceptors (Lipinski definition) is 6. The van der Waals surface area contributed by atoms with Gasteiger partial charge in [-0.3, -0.25) is 0 Å². The number of ether oxygens (including phenoxy) is 2. The fourth-order valence-corrected chi connectivity index (χ4v) is 14.9. The van der Waals surface area contributed by atoms with Gasteiger partial charge in [-0.15, -0.1) is 0 Å². The second-order valence-corrected chi connectivity index (χ2v) is 24.8. The van der Waals surface area contributed by atoms with Crippen LogP contribution in [0.4, 0.5) is 68.2 Å². The molecule has 0 saturated carbocycles. The van der Waals surface area contributed by atoms with Crippen LogP contribution in [-0.4, -0.2) is 13.4 Å². The molecule has 0 fully saturated rings. The highest BCUT2D eigenvalue weighted by atomic mass is 16.5. The SMILES string of the molecule is Cc1ccc2c(c1)B1c3cc4c(cc3N(c3ccccc3C)c3cc(Oc5c(C)cccc5C)cc(c31)N2c1c(C)cccc1C)N(c1ccccc1C)c1cc(Oc2c(C)cccc2C)cc2c1B4c1cc(C)ccc1N2c1c(C)cccc1C. The number of benzene rings is 11. The lowest BCUT2D eigenvalue weighted by molar-refractivity contribution is 0.475. The van der Waals surface area contributed by atoms with E-state index in [0.717, 1.165) is 90.8 Å². The van der Waals surface area contributed by atoms with Gasteiger partial charge in [0.25, 0.3) is 13.4 Å². The number of aryl methyl sites for hydroxylation is 12. The topological polar surface area (TPSA) is 31.4 Å². The van der Waals surface area contributed by atoms with Crippen LogP contribution in [0.5, 0.6) is 23.0 Å². The molecule has 0 radical (unpaired) electrons. The van der Waals surface area contributed by atoms with E-state index >= 15 is 0 Å². The molecule has 0 aromatic heterocycles. The van der Waals surface area contributed by atoms with Gasteiger partial charge in [0.2, 0.25) is 0 Å². The maximum atomic E-state index is 7.32. The summed E-state index contributed by atoms with van der Waals surface area (Å²) in [6, 6.07) is 72.8. The molecule has 0 saturated heterocycles. The smallest absolute Gasteiger partial charge is 0.252 e. The Hall–Kier alpha value is -9.65. The van der Waals surface area contributed by atoms with Crippen LogP contribution in [0.2, 0.25) is 0 Å². The van der Waals surface area contributed by atoms with Crippen molar-refractivity contribution in [2.45, 2.75) is 83.1 Å². The van der Waals surface area contributed by atoms with Gasteiger partial charge >= 0.3 is 0 Å². The Labute approximate surface area is 507 Å². The minimum absolute atomic E-state index is 0.169. The first kappa shape index (κ1) is 53.1. The highest BCUT2D eigenvalue weighted by Crippen LogP contribution is 2.53. The molecule has 0 amide bonds. The molecule has 0 N–H and O–H groups in total. The number of para-hydroxylation sites is 6. The van der Waals surface area contributed by atoms with E-state index < -0.39 is 0 Å². The second-order valence-electron chi connectivity index (χ2n) is 24.8. The van der Waals surface area contributed by atoms with Crippen molar-refractivity contribution in [2.24, 2.45) is 0 Å². The molecule has 86 heavy (non-hydrogen) atoms. The molecule has 0 bridgehead atoms. The van der Waals surface area contributed by atoms with Gasteiger partial charge in [-0.2, -0.15) is 0 Å². The standard InChI is InChI=1S/C78H68B2N4O2/c1-45-33-35-65-59(37-45)79-61-43-62-68(44-67(61)81(63-31-15-13-21-47(63)3)69-39-57(85-77-53(9)27-19-28-54(77)10)41-71(73(69)79)83(65)75-49(5)23-17-24-50(75)6)82(64-32-16-14-22-48(64)4)70-40-58(86-78-55(11)29-20-30-56(78)12)42-72-74(70)80(62)60-38-46(2)34-36-66(60)84(72)76-51(7)25-18-26-52(76)8/h13-44H,1-12H3. The molecular formula is C78H68B2N4O2. The zero-order chi connectivity index (χ0) is 59.1. The van der Waals surface area contributed by atoms with Crippen LogP contribution in [0, 0.1) is 83.1 Å². The molecule has 4 aliphatic rings. The third-order valence-electron chi connectivity index (χ3n) is 18.8. The van der Waals surface area contributed by atoms with Crippen LogP contribution in [0.15, 0.2) is 194 Å². The van der Waals surface area contributed by atoms with Crippen LogP contribution in [0.3, 0.4) is 0 Å². The van der Waals surface area contributed by atoms with Gasteiger partial charge in [0.1, 0.15) is 23.0 Å². The predicted molar refractivity (Wildman–Crippen MR) is 364 cm³/mol. The molecule has 0 unspecified atom stereocenters. The van der Waals surface area contributed by atoms with Gasteiger partial charge in [0.15, 0.2) is 0 Å². The maximum absolute atomic E-state index is 7.32. The van der Waals surface area contributed by atoms with E-state index in [1.165, 1.54) is 100 Å². The van der Waals surface area contributed by atoms with E-state index in [1.807, 2.05) is 0 Å². The Morgan fingerprint density at radius 2 is 0.558 bits per heavy atom. The van der Waals surface area contributed by atoms with Crippen molar-refractivity contribution in [1.29, 1.82) is 0 Å². The van der Waals surface area contributed by atoms with Crippen LogP contribution in [0.25, 0.3) is 0 Å². The first-order chi connectivity index (χ1) is 41.6. The van der Waals surface area contributed by atoms with E-state index in [2.05, 4.69) is 297 Å². The molecule has 11 aromatic rings. The van der Waals surface area contributed by atoms with E-state index in [1.54, 1.807) is 0 Å². The average molecular weight is 1120 g/mol. The molecule has 6 nitrogen and oxygen atoms in total. The molecule has 8 heteroatoms. The van der Waals surface area contributed by atoms with Crippen LogP contribution < -0.4 is 61.9 Å². The predicted octanol–water partition coefficient (Wildman–Crippen LogP) is 17.1. The number of anilines is 12. The lowest BCUT2D eigenvalue weighted by Gasteiger charge is -2.48. The lowest BCUT2D eigenvalue weighted by Crippen LogP contribution is -2.65. The second kappa shape index (κ2) is 20.0. The molecular weight excluding hydrogens is 1050 g/mol. The molecule has 418 valence electrons. The van der Waals surface area contributed by atoms with Gasteiger partial charge in [-0.25, -0.2) is 0 Å². The number of fused-ring (bicyclic) bond motifs is 8. The molecule has 0 aliphatic carbocycles. The van der Waals surface area contributed by atoms with Gasteiger partial charge < -0.3 is 29.1 Å². The summed E-state index contributed by atoms with van der Waals surface area (Å²) in [6.45, 7) is 26.3. The summed E-state index contributed by atoms with van der Waals surface area (Å²) < 4.78 is 14.6. The van der Waals surface area contributed by atoms with Crippen molar-refractivity contribution in [3.63, 3.8) is 0 Å². The first-order valence-electron chi connectivity index (χ1n) is 30.3. The van der Waals surface area contributed by atoms with Crippen LogP contribution in [0.1, 0.15) is 66.8 Å². The van der Waals surface area contributed by atoms with Crippen LogP contribution >= 0.6 is 0 Å². The van der Waals surface area contributed by atoms with Crippen LogP contribution in [-0.2, 0) is 0 Å². The zero-order valence-corrected chi connectivity index (χ0v) is 51.2. The van der Waals surface area contributed by atoms with Gasteiger partial charge in [0.05, 0.1) is 11.4 Å².